The van der Waals surface area contributed by atoms with Gasteiger partial charge in [0.05, 0.1) is 26.3 Å². The molecule has 0 radical (unpaired) electrons. The summed E-state index contributed by atoms with van der Waals surface area (Å²) in [6.07, 6.45) is -0.458. The van der Waals surface area contributed by atoms with E-state index >= 15 is 0 Å². The molecule has 3 amide bonds. The quantitative estimate of drug-likeness (QED) is 0.596. The van der Waals surface area contributed by atoms with Gasteiger partial charge < -0.3 is 9.47 Å². The summed E-state index contributed by atoms with van der Waals surface area (Å²) in [5.41, 5.74) is 1.69. The molecule has 4 rings (SSSR count). The molecule has 3 fully saturated rings. The van der Waals surface area contributed by atoms with E-state index in [-0.39, 0.29) is 18.9 Å². The molecule has 152 valence electrons. The van der Waals surface area contributed by atoms with Crippen LogP contribution in [-0.2, 0) is 19.1 Å². The number of piperidine rings is 1. The Labute approximate surface area is 169 Å². The molecule has 8 nitrogen and oxygen atoms in total. The van der Waals surface area contributed by atoms with Gasteiger partial charge in [0.15, 0.2) is 0 Å². The third-order valence-corrected chi connectivity index (χ3v) is 5.32. The molecule has 1 N–H and O–H groups in total. The summed E-state index contributed by atoms with van der Waals surface area (Å²) in [5, 5.41) is 2.28. The lowest BCUT2D eigenvalue weighted by molar-refractivity contribution is -0.136. The zero-order valence-corrected chi connectivity index (χ0v) is 16.1. The van der Waals surface area contributed by atoms with Crippen LogP contribution in [-0.4, -0.2) is 73.1 Å². The van der Waals surface area contributed by atoms with Crippen LogP contribution in [0, 0.1) is 11.8 Å². The molecule has 0 saturated carbocycles. The highest BCUT2D eigenvalue weighted by molar-refractivity contribution is 6.01. The number of nitrogens with one attached hydrogen (secondary N) is 1. The van der Waals surface area contributed by atoms with Crippen LogP contribution in [0.2, 0.25) is 0 Å². The third-order valence-electron chi connectivity index (χ3n) is 5.32. The highest BCUT2D eigenvalue weighted by Crippen LogP contribution is 2.29. The largest absolute Gasteiger partial charge is 0.439 e. The van der Waals surface area contributed by atoms with E-state index in [0.29, 0.717) is 13.0 Å². The second kappa shape index (κ2) is 8.64. The standard InChI is InChI=1S/C21H23N3O5/c25-19-7-6-17(20(26)22-19)24-14-18(29-21(24)27)16-5-1-3-15(13-16)4-2-8-23-9-11-28-12-10-23/h1,3,5,13,17-18H,6-12,14H2,(H,22,25,26). The van der Waals surface area contributed by atoms with E-state index in [9.17, 15) is 14.4 Å². The highest BCUT2D eigenvalue weighted by Gasteiger charge is 2.41. The zero-order chi connectivity index (χ0) is 20.2. The fourth-order valence-corrected chi connectivity index (χ4v) is 3.72. The minimum absolute atomic E-state index is 0.221. The van der Waals surface area contributed by atoms with Gasteiger partial charge in [0.2, 0.25) is 11.8 Å². The number of hydrogen-bond acceptors (Lipinski definition) is 6. The number of amides is 3. The lowest BCUT2D eigenvalue weighted by atomic mass is 10.0. The van der Waals surface area contributed by atoms with Crippen molar-refractivity contribution in [1.29, 1.82) is 0 Å². The summed E-state index contributed by atoms with van der Waals surface area (Å²) in [6, 6.07) is 6.94. The van der Waals surface area contributed by atoms with Crippen LogP contribution in [0.4, 0.5) is 4.79 Å². The van der Waals surface area contributed by atoms with Crippen LogP contribution in [0.1, 0.15) is 30.1 Å². The van der Waals surface area contributed by atoms with Gasteiger partial charge in [-0.05, 0) is 24.1 Å². The molecule has 1 aromatic rings. The molecular formula is C21H23N3O5. The number of carbonyl (C=O) groups is 3. The number of rotatable bonds is 3. The Morgan fingerprint density at radius 3 is 2.79 bits per heavy atom. The summed E-state index contributed by atoms with van der Waals surface area (Å²) in [6.45, 7) is 4.23. The third kappa shape index (κ3) is 4.58. The number of imide groups is 1. The summed E-state index contributed by atoms with van der Waals surface area (Å²) in [7, 11) is 0. The first-order chi connectivity index (χ1) is 14.1. The first-order valence-electron chi connectivity index (χ1n) is 9.80. The maximum Gasteiger partial charge on any atom is 0.411 e. The molecular weight excluding hydrogens is 374 g/mol. The van der Waals surface area contributed by atoms with Gasteiger partial charge in [0, 0.05) is 25.1 Å². The predicted octanol–water partition coefficient (Wildman–Crippen LogP) is 0.669. The molecule has 0 aromatic heterocycles. The number of carbonyl (C=O) groups excluding carboxylic acids is 3. The van der Waals surface area contributed by atoms with Gasteiger partial charge in [-0.25, -0.2) is 4.79 Å². The van der Waals surface area contributed by atoms with Crippen LogP contribution in [0.25, 0.3) is 0 Å². The maximum absolute atomic E-state index is 12.3. The molecule has 0 aliphatic carbocycles. The van der Waals surface area contributed by atoms with Gasteiger partial charge in [-0.15, -0.1) is 0 Å². The molecule has 3 aliphatic heterocycles. The molecule has 0 bridgehead atoms. The highest BCUT2D eigenvalue weighted by atomic mass is 16.6. The number of hydrogen-bond donors (Lipinski definition) is 1. The molecule has 3 saturated heterocycles. The van der Waals surface area contributed by atoms with Gasteiger partial charge in [-0.3, -0.25) is 24.7 Å². The normalized spacial score (nSPS) is 25.2. The van der Waals surface area contributed by atoms with Crippen molar-refractivity contribution in [2.75, 3.05) is 39.4 Å². The second-order valence-corrected chi connectivity index (χ2v) is 7.31. The van der Waals surface area contributed by atoms with E-state index < -0.39 is 24.1 Å². The van der Waals surface area contributed by atoms with E-state index in [1.165, 1.54) is 4.90 Å². The Morgan fingerprint density at radius 2 is 2.00 bits per heavy atom. The van der Waals surface area contributed by atoms with Gasteiger partial charge in [-0.1, -0.05) is 24.0 Å². The van der Waals surface area contributed by atoms with Crippen molar-refractivity contribution in [2.45, 2.75) is 25.0 Å². The first kappa shape index (κ1) is 19.4. The molecule has 3 aliphatic rings. The number of nitrogens with zero attached hydrogens (tertiary/aromatic N) is 2. The van der Waals surface area contributed by atoms with E-state index in [0.717, 1.165) is 37.4 Å². The topological polar surface area (TPSA) is 88.2 Å². The number of morpholine rings is 1. The molecule has 1 aromatic carbocycles. The Kier molecular flexibility index (Phi) is 5.79. The van der Waals surface area contributed by atoms with Crippen molar-refractivity contribution in [3.8, 4) is 11.8 Å². The maximum atomic E-state index is 12.3. The smallest absolute Gasteiger partial charge is 0.411 e. The van der Waals surface area contributed by atoms with Crippen LogP contribution in [0.15, 0.2) is 24.3 Å². The first-order valence-corrected chi connectivity index (χ1v) is 9.80. The minimum Gasteiger partial charge on any atom is -0.439 e. The average Bonchev–Trinajstić information content (AvgIpc) is 3.11. The van der Waals surface area contributed by atoms with E-state index in [1.54, 1.807) is 0 Å². The predicted molar refractivity (Wildman–Crippen MR) is 103 cm³/mol. The van der Waals surface area contributed by atoms with E-state index in [4.69, 9.17) is 9.47 Å². The van der Waals surface area contributed by atoms with Gasteiger partial charge in [-0.2, -0.15) is 0 Å². The fourth-order valence-electron chi connectivity index (χ4n) is 3.72. The molecule has 0 spiro atoms. The van der Waals surface area contributed by atoms with Gasteiger partial charge in [0.25, 0.3) is 0 Å². The summed E-state index contributed by atoms with van der Waals surface area (Å²) < 4.78 is 10.8. The van der Waals surface area contributed by atoms with E-state index in [2.05, 4.69) is 22.1 Å². The number of benzene rings is 1. The van der Waals surface area contributed by atoms with Gasteiger partial charge in [0.1, 0.15) is 12.1 Å². The second-order valence-electron chi connectivity index (χ2n) is 7.31. The lowest BCUT2D eigenvalue weighted by Crippen LogP contribution is -2.52. The van der Waals surface area contributed by atoms with Crippen molar-refractivity contribution in [3.05, 3.63) is 35.4 Å². The summed E-state index contributed by atoms with van der Waals surface area (Å²) in [4.78, 5) is 39.4. The van der Waals surface area contributed by atoms with Crippen LogP contribution in [0.5, 0.6) is 0 Å². The van der Waals surface area contributed by atoms with Crippen molar-refractivity contribution < 1.29 is 23.9 Å². The Morgan fingerprint density at radius 1 is 1.17 bits per heavy atom. The van der Waals surface area contributed by atoms with Crippen molar-refractivity contribution in [2.24, 2.45) is 0 Å². The van der Waals surface area contributed by atoms with E-state index in [1.807, 2.05) is 24.3 Å². The fraction of sp³-hybridized carbons (Fsp3) is 0.476. The van der Waals surface area contributed by atoms with Crippen molar-refractivity contribution in [1.82, 2.24) is 15.1 Å². The minimum atomic E-state index is -0.665. The Hall–Kier alpha value is -2.89. The molecule has 2 atom stereocenters. The molecule has 2 unspecified atom stereocenters. The van der Waals surface area contributed by atoms with Crippen molar-refractivity contribution >= 4 is 17.9 Å². The van der Waals surface area contributed by atoms with Crippen LogP contribution < -0.4 is 5.32 Å². The van der Waals surface area contributed by atoms with Crippen LogP contribution >= 0.6 is 0 Å². The zero-order valence-electron chi connectivity index (χ0n) is 16.1. The summed E-state index contributed by atoms with van der Waals surface area (Å²) in [5.74, 6) is 5.60. The monoisotopic (exact) mass is 397 g/mol. The van der Waals surface area contributed by atoms with Crippen molar-refractivity contribution in [3.63, 3.8) is 0 Å². The molecule has 8 heteroatoms. The average molecular weight is 397 g/mol. The number of cyclic esters (lactones) is 1. The Balaban J connectivity index is 1.40. The summed E-state index contributed by atoms with van der Waals surface area (Å²) >= 11 is 0. The SMILES string of the molecule is O=C1CCC(N2CC(c3cccc(C#CCN4CCOCC4)c3)OC2=O)C(=O)N1. The van der Waals surface area contributed by atoms with Crippen LogP contribution in [0.3, 0.4) is 0 Å². The molecule has 3 heterocycles. The molecule has 29 heavy (non-hydrogen) atoms. The Bertz CT molecular complexity index is 869. The van der Waals surface area contributed by atoms with Gasteiger partial charge >= 0.3 is 6.09 Å². The number of ether oxygens (including phenoxy) is 2. The lowest BCUT2D eigenvalue weighted by Gasteiger charge is -2.27.